The molecule has 3 nitrogen and oxygen atoms in total. The Labute approximate surface area is 87.5 Å². The fourth-order valence-electron chi connectivity index (χ4n) is 1.54. The number of nitrogens with two attached hydrogens (primary N) is 1. The van der Waals surface area contributed by atoms with E-state index in [9.17, 15) is 9.18 Å². The summed E-state index contributed by atoms with van der Waals surface area (Å²) in [6.45, 7) is 0. The minimum atomic E-state index is -0.461. The maximum atomic E-state index is 12.8. The maximum absolute atomic E-state index is 12.8. The third-order valence-electron chi connectivity index (χ3n) is 2.74. The van der Waals surface area contributed by atoms with Crippen LogP contribution in [0.4, 0.5) is 15.8 Å². The molecular weight excluding hydrogens is 195 g/mol. The number of halogens is 1. The van der Waals surface area contributed by atoms with Crippen LogP contribution in [0.15, 0.2) is 18.2 Å². The van der Waals surface area contributed by atoms with E-state index in [0.717, 1.165) is 19.3 Å². The van der Waals surface area contributed by atoms with Gasteiger partial charge in [0.1, 0.15) is 5.82 Å². The molecule has 0 saturated heterocycles. The molecule has 1 amide bonds. The molecule has 1 aromatic rings. The van der Waals surface area contributed by atoms with Gasteiger partial charge >= 0.3 is 0 Å². The Morgan fingerprint density at radius 2 is 2.20 bits per heavy atom. The molecule has 0 aliphatic heterocycles. The molecule has 0 aromatic heterocycles. The smallest absolute Gasteiger partial charge is 0.227 e. The first-order chi connectivity index (χ1) is 7.16. The maximum Gasteiger partial charge on any atom is 0.227 e. The fourth-order valence-corrected chi connectivity index (χ4v) is 1.54. The van der Waals surface area contributed by atoms with Crippen LogP contribution in [0, 0.1) is 11.7 Å². The van der Waals surface area contributed by atoms with Gasteiger partial charge in [-0.05, 0) is 31.0 Å². The van der Waals surface area contributed by atoms with Crippen molar-refractivity contribution in [2.75, 3.05) is 11.1 Å². The summed E-state index contributed by atoms with van der Waals surface area (Å²) < 4.78 is 12.8. The Balaban J connectivity index is 2.03. The SMILES string of the molecule is Nc1cc(NC(=O)C2CCC2)ccc1F. The predicted octanol–water partition coefficient (Wildman–Crippen LogP) is 2.15. The summed E-state index contributed by atoms with van der Waals surface area (Å²) in [5.41, 5.74) is 6.01. The van der Waals surface area contributed by atoms with E-state index in [1.807, 2.05) is 0 Å². The third-order valence-corrected chi connectivity index (χ3v) is 2.74. The standard InChI is InChI=1S/C11H13FN2O/c12-9-5-4-8(6-10(9)13)14-11(15)7-2-1-3-7/h4-7H,1-3,13H2,(H,14,15). The summed E-state index contributed by atoms with van der Waals surface area (Å²) in [4.78, 5) is 11.5. The molecular formula is C11H13FN2O. The van der Waals surface area contributed by atoms with Crippen molar-refractivity contribution < 1.29 is 9.18 Å². The van der Waals surface area contributed by atoms with Gasteiger partial charge in [0.25, 0.3) is 0 Å². The molecule has 1 aromatic carbocycles. The van der Waals surface area contributed by atoms with Gasteiger partial charge in [-0.25, -0.2) is 4.39 Å². The number of benzene rings is 1. The average molecular weight is 208 g/mol. The van der Waals surface area contributed by atoms with Crippen molar-refractivity contribution in [2.24, 2.45) is 5.92 Å². The second-order valence-electron chi connectivity index (χ2n) is 3.85. The van der Waals surface area contributed by atoms with Gasteiger partial charge in [0, 0.05) is 11.6 Å². The first-order valence-corrected chi connectivity index (χ1v) is 5.02. The zero-order valence-corrected chi connectivity index (χ0v) is 8.29. The number of amides is 1. The van der Waals surface area contributed by atoms with Crippen LogP contribution in [0.3, 0.4) is 0 Å². The molecule has 0 spiro atoms. The number of rotatable bonds is 2. The van der Waals surface area contributed by atoms with Crippen molar-refractivity contribution in [1.29, 1.82) is 0 Å². The Bertz CT molecular complexity index is 388. The summed E-state index contributed by atoms with van der Waals surface area (Å²) in [6.07, 6.45) is 3.01. The first-order valence-electron chi connectivity index (χ1n) is 5.02. The summed E-state index contributed by atoms with van der Waals surface area (Å²) in [5.74, 6) is -0.333. The van der Waals surface area contributed by atoms with Crippen molar-refractivity contribution in [1.82, 2.24) is 0 Å². The van der Waals surface area contributed by atoms with Gasteiger partial charge in [0.2, 0.25) is 5.91 Å². The van der Waals surface area contributed by atoms with Gasteiger partial charge in [0.05, 0.1) is 5.69 Å². The molecule has 3 N–H and O–H groups in total. The Morgan fingerprint density at radius 3 is 2.73 bits per heavy atom. The predicted molar refractivity (Wildman–Crippen MR) is 56.8 cm³/mol. The molecule has 2 rings (SSSR count). The highest BCUT2D eigenvalue weighted by molar-refractivity contribution is 5.93. The van der Waals surface area contributed by atoms with E-state index in [2.05, 4.69) is 5.32 Å². The van der Waals surface area contributed by atoms with Crippen molar-refractivity contribution >= 4 is 17.3 Å². The van der Waals surface area contributed by atoms with E-state index in [-0.39, 0.29) is 17.5 Å². The number of anilines is 2. The van der Waals surface area contributed by atoms with E-state index in [1.54, 1.807) is 0 Å². The average Bonchev–Trinajstić information content (AvgIpc) is 2.08. The van der Waals surface area contributed by atoms with Crippen LogP contribution in [0.5, 0.6) is 0 Å². The molecule has 0 atom stereocenters. The molecule has 0 heterocycles. The largest absolute Gasteiger partial charge is 0.396 e. The van der Waals surface area contributed by atoms with Crippen LogP contribution in [0.1, 0.15) is 19.3 Å². The van der Waals surface area contributed by atoms with Crippen molar-refractivity contribution in [3.05, 3.63) is 24.0 Å². The van der Waals surface area contributed by atoms with Crippen molar-refractivity contribution in [2.45, 2.75) is 19.3 Å². The summed E-state index contributed by atoms with van der Waals surface area (Å²) >= 11 is 0. The van der Waals surface area contributed by atoms with Gasteiger partial charge in [-0.15, -0.1) is 0 Å². The lowest BCUT2D eigenvalue weighted by Crippen LogP contribution is -2.28. The van der Waals surface area contributed by atoms with E-state index in [1.165, 1.54) is 18.2 Å². The zero-order chi connectivity index (χ0) is 10.8. The Kier molecular flexibility index (Phi) is 2.58. The summed E-state index contributed by atoms with van der Waals surface area (Å²) in [6, 6.07) is 4.21. The number of carbonyl (C=O) groups is 1. The van der Waals surface area contributed by atoms with Crippen LogP contribution in [0.2, 0.25) is 0 Å². The lowest BCUT2D eigenvalue weighted by molar-refractivity contribution is -0.122. The quantitative estimate of drug-likeness (QED) is 0.731. The molecule has 1 saturated carbocycles. The molecule has 15 heavy (non-hydrogen) atoms. The topological polar surface area (TPSA) is 55.1 Å². The highest BCUT2D eigenvalue weighted by Crippen LogP contribution is 2.28. The van der Waals surface area contributed by atoms with Gasteiger partial charge in [-0.2, -0.15) is 0 Å². The molecule has 1 aliphatic carbocycles. The van der Waals surface area contributed by atoms with Gasteiger partial charge < -0.3 is 11.1 Å². The zero-order valence-electron chi connectivity index (χ0n) is 8.29. The van der Waals surface area contributed by atoms with Crippen LogP contribution in [-0.4, -0.2) is 5.91 Å². The van der Waals surface area contributed by atoms with Gasteiger partial charge in [0.15, 0.2) is 0 Å². The van der Waals surface area contributed by atoms with Gasteiger partial charge in [-0.1, -0.05) is 6.42 Å². The number of hydrogen-bond donors (Lipinski definition) is 2. The van der Waals surface area contributed by atoms with Crippen LogP contribution >= 0.6 is 0 Å². The number of nitrogen functional groups attached to an aromatic ring is 1. The fraction of sp³-hybridized carbons (Fsp3) is 0.364. The van der Waals surface area contributed by atoms with E-state index in [0.29, 0.717) is 5.69 Å². The lowest BCUT2D eigenvalue weighted by Gasteiger charge is -2.24. The first kappa shape index (κ1) is 9.96. The number of hydrogen-bond acceptors (Lipinski definition) is 2. The molecule has 1 fully saturated rings. The monoisotopic (exact) mass is 208 g/mol. The van der Waals surface area contributed by atoms with Gasteiger partial charge in [-0.3, -0.25) is 4.79 Å². The highest BCUT2D eigenvalue weighted by atomic mass is 19.1. The van der Waals surface area contributed by atoms with Crippen molar-refractivity contribution in [3.63, 3.8) is 0 Å². The normalized spacial score (nSPS) is 15.8. The second kappa shape index (κ2) is 3.88. The molecule has 0 bridgehead atoms. The highest BCUT2D eigenvalue weighted by Gasteiger charge is 2.25. The second-order valence-corrected chi connectivity index (χ2v) is 3.85. The Morgan fingerprint density at radius 1 is 1.47 bits per heavy atom. The minimum absolute atomic E-state index is 0.00672. The van der Waals surface area contributed by atoms with Crippen molar-refractivity contribution in [3.8, 4) is 0 Å². The molecule has 0 radical (unpaired) electrons. The van der Waals surface area contributed by atoms with E-state index >= 15 is 0 Å². The lowest BCUT2D eigenvalue weighted by atomic mass is 9.85. The van der Waals surface area contributed by atoms with Crippen LogP contribution < -0.4 is 11.1 Å². The molecule has 80 valence electrons. The van der Waals surface area contributed by atoms with E-state index < -0.39 is 5.82 Å². The molecule has 4 heteroatoms. The number of nitrogens with one attached hydrogen (secondary N) is 1. The number of carbonyl (C=O) groups excluding carboxylic acids is 1. The summed E-state index contributed by atoms with van der Waals surface area (Å²) in [7, 11) is 0. The third kappa shape index (κ3) is 2.09. The minimum Gasteiger partial charge on any atom is -0.396 e. The van der Waals surface area contributed by atoms with Crippen LogP contribution in [-0.2, 0) is 4.79 Å². The molecule has 0 unspecified atom stereocenters. The molecule has 1 aliphatic rings. The Hall–Kier alpha value is -1.58. The summed E-state index contributed by atoms with van der Waals surface area (Å²) in [5, 5.41) is 2.73. The van der Waals surface area contributed by atoms with Crippen LogP contribution in [0.25, 0.3) is 0 Å². The van der Waals surface area contributed by atoms with E-state index in [4.69, 9.17) is 5.73 Å².